The summed E-state index contributed by atoms with van der Waals surface area (Å²) < 4.78 is 46.0. The van der Waals surface area contributed by atoms with E-state index in [1.165, 1.54) is 37.5 Å². The van der Waals surface area contributed by atoms with Crippen molar-refractivity contribution in [2.75, 3.05) is 7.11 Å². The van der Waals surface area contributed by atoms with Crippen LogP contribution in [0.25, 0.3) is 6.08 Å². The molecule has 0 aromatic heterocycles. The van der Waals surface area contributed by atoms with E-state index < -0.39 is 21.8 Å². The zero-order chi connectivity index (χ0) is 18.4. The number of carbonyl (C=O) groups is 1. The maximum absolute atomic E-state index is 13.5. The molecule has 0 radical (unpaired) electrons. The number of methoxy groups -OCH3 is 1. The molecule has 0 heterocycles. The topological polar surface area (TPSA) is 72.8 Å². The second-order valence-corrected chi connectivity index (χ2v) is 6.78. The van der Waals surface area contributed by atoms with E-state index in [-0.39, 0.29) is 10.5 Å². The predicted octanol–water partition coefficient (Wildman–Crippen LogP) is 3.13. The van der Waals surface area contributed by atoms with Gasteiger partial charge in [-0.3, -0.25) is 0 Å². The molecule has 5 nitrogen and oxygen atoms in total. The average molecular weight is 361 g/mol. The highest BCUT2D eigenvalue weighted by Crippen LogP contribution is 2.15. The van der Waals surface area contributed by atoms with Gasteiger partial charge in [0.1, 0.15) is 5.82 Å². The van der Waals surface area contributed by atoms with E-state index in [2.05, 4.69) is 9.13 Å². The number of carbonyl (C=O) groups excluding carboxylic acids is 1. The third-order valence-corrected chi connectivity index (χ3v) is 4.55. The smallest absolute Gasteiger partial charge is 0.330 e. The van der Waals surface area contributed by atoms with Crippen LogP contribution in [0.5, 0.6) is 0 Å². The molecule has 0 unspecified atom stereocenters. The lowest BCUT2D eigenvalue weighted by Crippen LogP contribution is -1.99. The van der Waals surface area contributed by atoms with Crippen LogP contribution in [0.1, 0.15) is 16.7 Å². The number of aryl methyl sites for hydroxylation is 1. The second kappa shape index (κ2) is 7.85. The van der Waals surface area contributed by atoms with Gasteiger partial charge in [0, 0.05) is 17.9 Å². The van der Waals surface area contributed by atoms with E-state index in [0.717, 1.165) is 23.9 Å². The third kappa shape index (κ3) is 5.09. The monoisotopic (exact) mass is 361 g/mol. The van der Waals surface area contributed by atoms with Gasteiger partial charge in [-0.1, -0.05) is 23.8 Å². The van der Waals surface area contributed by atoms with E-state index in [1.807, 2.05) is 6.92 Å². The molecule has 0 aliphatic rings. The summed E-state index contributed by atoms with van der Waals surface area (Å²) in [5.41, 5.74) is 1.56. The van der Waals surface area contributed by atoms with E-state index in [0.29, 0.717) is 5.56 Å². The second-order valence-electron chi connectivity index (χ2n) is 5.15. The number of ether oxygens (including phenoxy) is 1. The zero-order valence-electron chi connectivity index (χ0n) is 13.6. The summed E-state index contributed by atoms with van der Waals surface area (Å²) in [5, 5.41) is 0. The van der Waals surface area contributed by atoms with Crippen LogP contribution < -0.4 is 0 Å². The number of hydrogen-bond donors (Lipinski definition) is 0. The van der Waals surface area contributed by atoms with Gasteiger partial charge in [-0.2, -0.15) is 12.8 Å². The number of benzene rings is 2. The SMILES string of the molecule is COC(=O)/C=C/c1ccc(F)cc1/C=N/S(=O)(=O)c1ccc(C)cc1. The zero-order valence-corrected chi connectivity index (χ0v) is 14.5. The van der Waals surface area contributed by atoms with Crippen LogP contribution in [0.3, 0.4) is 0 Å². The average Bonchev–Trinajstić information content (AvgIpc) is 2.59. The quantitative estimate of drug-likeness (QED) is 0.466. The van der Waals surface area contributed by atoms with Crippen LogP contribution in [-0.4, -0.2) is 27.7 Å². The molecule has 0 aliphatic heterocycles. The summed E-state index contributed by atoms with van der Waals surface area (Å²) in [7, 11) is -2.68. The van der Waals surface area contributed by atoms with Gasteiger partial charge in [0.2, 0.25) is 0 Å². The van der Waals surface area contributed by atoms with E-state index in [4.69, 9.17) is 0 Å². The highest BCUT2D eigenvalue weighted by atomic mass is 32.2. The third-order valence-electron chi connectivity index (χ3n) is 3.30. The van der Waals surface area contributed by atoms with Crippen LogP contribution in [0.15, 0.2) is 57.8 Å². The van der Waals surface area contributed by atoms with Crippen molar-refractivity contribution in [1.29, 1.82) is 0 Å². The molecule has 0 saturated heterocycles. The highest BCUT2D eigenvalue weighted by Gasteiger charge is 2.11. The fourth-order valence-electron chi connectivity index (χ4n) is 1.93. The molecule has 0 fully saturated rings. The first-order chi connectivity index (χ1) is 11.8. The van der Waals surface area contributed by atoms with Gasteiger partial charge < -0.3 is 4.74 Å². The summed E-state index contributed by atoms with van der Waals surface area (Å²) in [5.74, 6) is -1.14. The first-order valence-electron chi connectivity index (χ1n) is 7.24. The minimum atomic E-state index is -3.91. The van der Waals surface area contributed by atoms with Gasteiger partial charge in [-0.15, -0.1) is 0 Å². The van der Waals surface area contributed by atoms with Crippen LogP contribution in [-0.2, 0) is 19.6 Å². The number of nitrogens with zero attached hydrogens (tertiary/aromatic N) is 1. The summed E-state index contributed by atoms with van der Waals surface area (Å²) >= 11 is 0. The first-order valence-corrected chi connectivity index (χ1v) is 8.68. The molecule has 0 spiro atoms. The summed E-state index contributed by atoms with van der Waals surface area (Å²) in [6, 6.07) is 9.96. The molecule has 130 valence electrons. The Kier molecular flexibility index (Phi) is 5.82. The summed E-state index contributed by atoms with van der Waals surface area (Å²) in [6.45, 7) is 1.84. The lowest BCUT2D eigenvalue weighted by molar-refractivity contribution is -0.134. The van der Waals surface area contributed by atoms with Gasteiger partial charge in [-0.05, 0) is 42.8 Å². The maximum Gasteiger partial charge on any atom is 0.330 e. The number of halogens is 1. The first kappa shape index (κ1) is 18.5. The molecule has 0 N–H and O–H groups in total. The fourth-order valence-corrected chi connectivity index (χ4v) is 2.79. The lowest BCUT2D eigenvalue weighted by Gasteiger charge is -2.02. The van der Waals surface area contributed by atoms with Crippen molar-refractivity contribution in [3.05, 3.63) is 71.0 Å². The van der Waals surface area contributed by atoms with Gasteiger partial charge in [0.05, 0.1) is 12.0 Å². The number of sulfonamides is 1. The maximum atomic E-state index is 13.5. The largest absolute Gasteiger partial charge is 0.466 e. The minimum absolute atomic E-state index is 0.0393. The highest BCUT2D eigenvalue weighted by molar-refractivity contribution is 7.90. The van der Waals surface area contributed by atoms with Crippen molar-refractivity contribution in [2.24, 2.45) is 4.40 Å². The number of hydrogen-bond acceptors (Lipinski definition) is 4. The molecule has 2 aromatic carbocycles. The Morgan fingerprint density at radius 3 is 2.44 bits per heavy atom. The molecule has 0 atom stereocenters. The molecule has 0 bridgehead atoms. The van der Waals surface area contributed by atoms with E-state index >= 15 is 0 Å². The van der Waals surface area contributed by atoms with Crippen LogP contribution in [0.2, 0.25) is 0 Å². The van der Waals surface area contributed by atoms with Crippen LogP contribution in [0, 0.1) is 12.7 Å². The van der Waals surface area contributed by atoms with Crippen molar-refractivity contribution in [3.8, 4) is 0 Å². The molecule has 0 amide bonds. The Labute approximate surface area is 145 Å². The molecular formula is C18H16FNO4S. The van der Waals surface area contributed by atoms with Crippen molar-refractivity contribution in [1.82, 2.24) is 0 Å². The van der Waals surface area contributed by atoms with E-state index in [1.54, 1.807) is 12.1 Å². The van der Waals surface area contributed by atoms with Gasteiger partial charge in [0.25, 0.3) is 10.0 Å². The molecular weight excluding hydrogens is 345 g/mol. The van der Waals surface area contributed by atoms with Crippen LogP contribution >= 0.6 is 0 Å². The lowest BCUT2D eigenvalue weighted by atomic mass is 10.1. The number of esters is 1. The Morgan fingerprint density at radius 1 is 1.12 bits per heavy atom. The summed E-state index contributed by atoms with van der Waals surface area (Å²) in [4.78, 5) is 11.2. The van der Waals surface area contributed by atoms with Crippen molar-refractivity contribution >= 4 is 28.3 Å². The van der Waals surface area contributed by atoms with Crippen LogP contribution in [0.4, 0.5) is 4.39 Å². The van der Waals surface area contributed by atoms with Crippen molar-refractivity contribution in [2.45, 2.75) is 11.8 Å². The van der Waals surface area contributed by atoms with Crippen molar-refractivity contribution in [3.63, 3.8) is 0 Å². The van der Waals surface area contributed by atoms with Gasteiger partial charge >= 0.3 is 5.97 Å². The summed E-state index contributed by atoms with van der Waals surface area (Å²) in [6.07, 6.45) is 3.60. The Hall–Kier alpha value is -2.80. The van der Waals surface area contributed by atoms with Gasteiger partial charge in [0.15, 0.2) is 0 Å². The Morgan fingerprint density at radius 2 is 1.80 bits per heavy atom. The molecule has 2 aromatic rings. The fraction of sp³-hybridized carbons (Fsp3) is 0.111. The molecule has 25 heavy (non-hydrogen) atoms. The Bertz CT molecular complexity index is 932. The normalized spacial score (nSPS) is 12.0. The number of rotatable bonds is 5. The molecule has 7 heteroatoms. The molecule has 0 aliphatic carbocycles. The van der Waals surface area contributed by atoms with E-state index in [9.17, 15) is 17.6 Å². The minimum Gasteiger partial charge on any atom is -0.466 e. The van der Waals surface area contributed by atoms with Crippen molar-refractivity contribution < 1.29 is 22.3 Å². The van der Waals surface area contributed by atoms with Gasteiger partial charge in [-0.25, -0.2) is 9.18 Å². The predicted molar refractivity (Wildman–Crippen MR) is 93.4 cm³/mol. The Balaban J connectivity index is 2.36. The molecule has 2 rings (SSSR count). The molecule has 0 saturated carbocycles. The standard InChI is InChI=1S/C18H16FNO4S/c1-13-3-8-17(9-4-13)25(22,23)20-12-15-11-16(19)7-5-14(15)6-10-18(21)24-2/h3-12H,1-2H3/b10-6+,20-12+.